The number of nitrogens with zero attached hydrogens (tertiary/aromatic N) is 2. The number of hydrogen-bond acceptors (Lipinski definition) is 5. The first-order valence-corrected chi connectivity index (χ1v) is 6.74. The van der Waals surface area contributed by atoms with Crippen molar-refractivity contribution in [2.75, 3.05) is 10.7 Å². The number of hydrazine groups is 1. The summed E-state index contributed by atoms with van der Waals surface area (Å²) in [6, 6.07) is 2.35. The zero-order valence-electron chi connectivity index (χ0n) is 11.7. The maximum absolute atomic E-state index is 5.33. The van der Waals surface area contributed by atoms with Gasteiger partial charge in [-0.25, -0.2) is 10.8 Å². The Labute approximate surface area is 110 Å². The zero-order valence-corrected chi connectivity index (χ0v) is 11.7. The van der Waals surface area contributed by atoms with Crippen molar-refractivity contribution < 1.29 is 0 Å². The smallest absolute Gasteiger partial charge is 0.239 e. The molecule has 0 radical (unpaired) electrons. The maximum Gasteiger partial charge on any atom is 0.239 e. The number of unbranched alkanes of at least 4 members (excludes halogenated alkanes) is 3. The van der Waals surface area contributed by atoms with E-state index in [4.69, 9.17) is 5.84 Å². The molecule has 0 saturated carbocycles. The van der Waals surface area contributed by atoms with Crippen molar-refractivity contribution in [1.29, 1.82) is 0 Å². The summed E-state index contributed by atoms with van der Waals surface area (Å²) in [5, 5.41) is 3.39. The Kier molecular flexibility index (Phi) is 6.43. The molecule has 1 rings (SSSR count). The first kappa shape index (κ1) is 14.7. The van der Waals surface area contributed by atoms with Gasteiger partial charge in [-0.2, -0.15) is 4.98 Å². The Morgan fingerprint density at radius 1 is 1.28 bits per heavy atom. The third-order valence-electron chi connectivity index (χ3n) is 2.87. The second-order valence-corrected chi connectivity index (χ2v) is 4.76. The van der Waals surface area contributed by atoms with Gasteiger partial charge in [-0.15, -0.1) is 0 Å². The SMILES string of the molecule is CCCCCCC(C)Nc1cc(C)nc(NN)n1. The summed E-state index contributed by atoms with van der Waals surface area (Å²) >= 11 is 0. The summed E-state index contributed by atoms with van der Waals surface area (Å²) in [6.07, 6.45) is 6.32. The van der Waals surface area contributed by atoms with Crippen LogP contribution >= 0.6 is 0 Å². The standard InChI is InChI=1S/C13H25N5/c1-4-5-6-7-8-10(2)15-12-9-11(3)16-13(17-12)18-14/h9-10H,4-8,14H2,1-3H3,(H2,15,16,17,18). The van der Waals surface area contributed by atoms with E-state index in [1.807, 2.05) is 13.0 Å². The van der Waals surface area contributed by atoms with Crippen LogP contribution in [0.25, 0.3) is 0 Å². The number of nitrogen functional groups attached to an aromatic ring is 1. The van der Waals surface area contributed by atoms with E-state index in [1.165, 1.54) is 25.7 Å². The molecule has 102 valence electrons. The molecule has 0 aliphatic heterocycles. The fourth-order valence-electron chi connectivity index (χ4n) is 1.91. The van der Waals surface area contributed by atoms with Gasteiger partial charge in [-0.3, -0.25) is 5.43 Å². The third kappa shape index (κ3) is 5.31. The lowest BCUT2D eigenvalue weighted by Crippen LogP contribution is -2.18. The largest absolute Gasteiger partial charge is 0.367 e. The van der Waals surface area contributed by atoms with Crippen molar-refractivity contribution >= 4 is 11.8 Å². The average molecular weight is 251 g/mol. The lowest BCUT2D eigenvalue weighted by molar-refractivity contribution is 0.593. The Morgan fingerprint density at radius 3 is 2.72 bits per heavy atom. The van der Waals surface area contributed by atoms with Crippen LogP contribution < -0.4 is 16.6 Å². The predicted octanol–water partition coefficient (Wildman–Crippen LogP) is 2.84. The van der Waals surface area contributed by atoms with Crippen LogP contribution in [0.5, 0.6) is 0 Å². The molecule has 1 atom stereocenters. The number of aryl methyl sites for hydroxylation is 1. The summed E-state index contributed by atoms with van der Waals surface area (Å²) in [6.45, 7) is 6.34. The molecule has 0 fully saturated rings. The van der Waals surface area contributed by atoms with E-state index < -0.39 is 0 Å². The normalized spacial score (nSPS) is 12.2. The minimum Gasteiger partial charge on any atom is -0.367 e. The van der Waals surface area contributed by atoms with E-state index >= 15 is 0 Å². The minimum absolute atomic E-state index is 0.418. The second kappa shape index (κ2) is 7.87. The third-order valence-corrected chi connectivity index (χ3v) is 2.87. The van der Waals surface area contributed by atoms with Crippen LogP contribution in [-0.4, -0.2) is 16.0 Å². The molecule has 1 aromatic rings. The maximum atomic E-state index is 5.33. The van der Waals surface area contributed by atoms with Gasteiger partial charge in [0.1, 0.15) is 5.82 Å². The van der Waals surface area contributed by atoms with Crippen LogP contribution in [0.1, 0.15) is 51.6 Å². The monoisotopic (exact) mass is 251 g/mol. The van der Waals surface area contributed by atoms with Crippen LogP contribution in [0.3, 0.4) is 0 Å². The van der Waals surface area contributed by atoms with E-state index in [1.54, 1.807) is 0 Å². The van der Waals surface area contributed by atoms with E-state index in [2.05, 4.69) is 34.6 Å². The van der Waals surface area contributed by atoms with E-state index in [0.717, 1.165) is 17.9 Å². The summed E-state index contributed by atoms with van der Waals surface area (Å²) in [7, 11) is 0. The molecule has 0 aliphatic rings. The molecule has 18 heavy (non-hydrogen) atoms. The molecule has 0 aliphatic carbocycles. The van der Waals surface area contributed by atoms with Crippen molar-refractivity contribution in [2.45, 2.75) is 58.9 Å². The number of aromatic nitrogens is 2. The molecule has 5 heteroatoms. The summed E-state index contributed by atoms with van der Waals surface area (Å²) in [5.41, 5.74) is 3.38. The van der Waals surface area contributed by atoms with E-state index in [0.29, 0.717) is 12.0 Å². The topological polar surface area (TPSA) is 75.9 Å². The van der Waals surface area contributed by atoms with Crippen LogP contribution in [-0.2, 0) is 0 Å². The first-order valence-electron chi connectivity index (χ1n) is 6.74. The van der Waals surface area contributed by atoms with Gasteiger partial charge in [0, 0.05) is 17.8 Å². The minimum atomic E-state index is 0.418. The number of rotatable bonds is 8. The highest BCUT2D eigenvalue weighted by molar-refractivity contribution is 5.42. The van der Waals surface area contributed by atoms with Gasteiger partial charge in [-0.1, -0.05) is 32.6 Å². The Bertz CT molecular complexity index is 353. The molecule has 0 saturated heterocycles. The van der Waals surface area contributed by atoms with Gasteiger partial charge in [-0.05, 0) is 20.3 Å². The van der Waals surface area contributed by atoms with Gasteiger partial charge in [0.15, 0.2) is 0 Å². The van der Waals surface area contributed by atoms with Gasteiger partial charge >= 0.3 is 0 Å². The van der Waals surface area contributed by atoms with Crippen molar-refractivity contribution in [3.8, 4) is 0 Å². The van der Waals surface area contributed by atoms with Gasteiger partial charge in [0.2, 0.25) is 5.95 Å². The van der Waals surface area contributed by atoms with Gasteiger partial charge in [0.05, 0.1) is 0 Å². The fraction of sp³-hybridized carbons (Fsp3) is 0.692. The fourth-order valence-corrected chi connectivity index (χ4v) is 1.91. The van der Waals surface area contributed by atoms with Crippen molar-refractivity contribution in [3.05, 3.63) is 11.8 Å². The van der Waals surface area contributed by atoms with Crippen LogP contribution in [0.4, 0.5) is 11.8 Å². The molecular formula is C13H25N5. The number of anilines is 2. The van der Waals surface area contributed by atoms with Crippen LogP contribution in [0.15, 0.2) is 6.07 Å². The molecular weight excluding hydrogens is 226 g/mol. The highest BCUT2D eigenvalue weighted by Gasteiger charge is 2.05. The summed E-state index contributed by atoms with van der Waals surface area (Å²) in [5.74, 6) is 6.62. The second-order valence-electron chi connectivity index (χ2n) is 4.76. The summed E-state index contributed by atoms with van der Waals surface area (Å²) < 4.78 is 0. The number of nitrogens with one attached hydrogen (secondary N) is 2. The number of hydrogen-bond donors (Lipinski definition) is 3. The molecule has 4 N–H and O–H groups in total. The van der Waals surface area contributed by atoms with E-state index in [-0.39, 0.29) is 0 Å². The zero-order chi connectivity index (χ0) is 13.4. The van der Waals surface area contributed by atoms with Crippen molar-refractivity contribution in [2.24, 2.45) is 5.84 Å². The van der Waals surface area contributed by atoms with Crippen LogP contribution in [0, 0.1) is 6.92 Å². The predicted molar refractivity (Wildman–Crippen MR) is 76.4 cm³/mol. The Morgan fingerprint density at radius 2 is 2.06 bits per heavy atom. The number of nitrogens with two attached hydrogens (primary N) is 1. The Hall–Kier alpha value is -1.36. The molecule has 5 nitrogen and oxygen atoms in total. The molecule has 0 spiro atoms. The molecule has 0 amide bonds. The average Bonchev–Trinajstić information content (AvgIpc) is 2.34. The van der Waals surface area contributed by atoms with Crippen LogP contribution in [0.2, 0.25) is 0 Å². The highest BCUT2D eigenvalue weighted by atomic mass is 15.3. The molecule has 1 unspecified atom stereocenters. The summed E-state index contributed by atoms with van der Waals surface area (Å²) in [4.78, 5) is 8.44. The Balaban J connectivity index is 2.43. The van der Waals surface area contributed by atoms with E-state index in [9.17, 15) is 0 Å². The van der Waals surface area contributed by atoms with Gasteiger partial charge < -0.3 is 5.32 Å². The van der Waals surface area contributed by atoms with Gasteiger partial charge in [0.25, 0.3) is 0 Å². The highest BCUT2D eigenvalue weighted by Crippen LogP contribution is 2.13. The molecule has 1 heterocycles. The molecule has 0 aromatic carbocycles. The van der Waals surface area contributed by atoms with Crippen molar-refractivity contribution in [1.82, 2.24) is 9.97 Å². The lowest BCUT2D eigenvalue weighted by Gasteiger charge is -2.15. The first-order chi connectivity index (χ1) is 8.65. The molecule has 0 bridgehead atoms. The lowest BCUT2D eigenvalue weighted by atomic mass is 10.1. The molecule has 1 aromatic heterocycles. The van der Waals surface area contributed by atoms with Crippen molar-refractivity contribution in [3.63, 3.8) is 0 Å². The quantitative estimate of drug-likeness (QED) is 0.376.